The maximum absolute atomic E-state index is 13.4. The van der Waals surface area contributed by atoms with Gasteiger partial charge in [-0.2, -0.15) is 0 Å². The fourth-order valence-corrected chi connectivity index (χ4v) is 10.5. The average Bonchev–Trinajstić information content (AvgIpc) is 3.47. The lowest BCUT2D eigenvalue weighted by atomic mass is 9.96. The molecule has 0 radical (unpaired) electrons. The summed E-state index contributed by atoms with van der Waals surface area (Å²) in [6, 6.07) is -0.901. The van der Waals surface area contributed by atoms with Gasteiger partial charge in [-0.3, -0.25) is 4.79 Å². The Kier molecular flexibility index (Phi) is 40.7. The van der Waals surface area contributed by atoms with E-state index in [1.165, 1.54) is 96.3 Å². The van der Waals surface area contributed by atoms with Crippen molar-refractivity contribution in [2.75, 3.05) is 26.4 Å². The molecule has 3 rings (SSSR count). The van der Waals surface area contributed by atoms with Crippen LogP contribution in [0, 0.1) is 0 Å². The second-order valence-electron chi connectivity index (χ2n) is 22.5. The first-order valence-electron chi connectivity index (χ1n) is 31.4. The predicted molar refractivity (Wildman–Crippen MR) is 309 cm³/mol. The van der Waals surface area contributed by atoms with E-state index in [-0.39, 0.29) is 18.9 Å². The lowest BCUT2D eigenvalue weighted by Crippen LogP contribution is -2.66. The van der Waals surface area contributed by atoms with Gasteiger partial charge in [0.2, 0.25) is 5.91 Å². The number of unbranched alkanes of at least 4 members (excludes halogenated alkanes) is 22. The Morgan fingerprint density at radius 2 is 0.852 bits per heavy atom. The van der Waals surface area contributed by atoms with Crippen LogP contribution in [-0.2, 0) is 33.2 Å². The zero-order valence-electron chi connectivity index (χ0n) is 49.3. The number of hydrogen-bond donors (Lipinski definition) is 12. The summed E-state index contributed by atoms with van der Waals surface area (Å²) in [6.07, 6.45) is 23.3. The standard InChI is InChI=1S/C62H111NO18/c1-3-5-7-9-11-13-15-17-19-21-22-24-25-27-29-31-33-35-37-39-46(67)45(63-50(68)40-38-36-34-32-30-28-26-23-20-18-16-14-12-10-8-6-4-2)44-76-60-56(74)53(71)58(48(42-65)78-60)81-62-57(75)54(72)59(49(43-66)79-62)80-61-55(73)52(70)51(69)47(41-64)77-61/h6,8,12,14,18,20,26,28,45-49,51-62,64-67,69-75H,3-5,7,9-11,13,15-17,19,21-25,27,29-44H2,1-2H3,(H,63,68)/b8-6-,14-12-,20-18-,28-26-. The molecule has 472 valence electrons. The molecule has 3 aliphatic rings. The van der Waals surface area contributed by atoms with Crippen molar-refractivity contribution >= 4 is 5.91 Å². The fourth-order valence-electron chi connectivity index (χ4n) is 10.5. The molecule has 19 nitrogen and oxygen atoms in total. The first-order valence-corrected chi connectivity index (χ1v) is 31.4. The van der Waals surface area contributed by atoms with E-state index >= 15 is 0 Å². The van der Waals surface area contributed by atoms with Crippen LogP contribution in [0.15, 0.2) is 48.6 Å². The maximum Gasteiger partial charge on any atom is 0.220 e. The van der Waals surface area contributed by atoms with Gasteiger partial charge in [0.05, 0.1) is 38.6 Å². The number of hydrogen-bond acceptors (Lipinski definition) is 18. The van der Waals surface area contributed by atoms with Gasteiger partial charge in [0.1, 0.15) is 73.2 Å². The molecule has 0 aromatic heterocycles. The van der Waals surface area contributed by atoms with Gasteiger partial charge in [-0.05, 0) is 51.4 Å². The molecule has 0 spiro atoms. The molecule has 17 unspecified atom stereocenters. The number of amides is 1. The van der Waals surface area contributed by atoms with Crippen LogP contribution in [0.5, 0.6) is 0 Å². The second-order valence-corrected chi connectivity index (χ2v) is 22.5. The second kappa shape index (κ2) is 45.1. The summed E-state index contributed by atoms with van der Waals surface area (Å²) in [5, 5.41) is 120. The van der Waals surface area contributed by atoms with E-state index in [4.69, 9.17) is 28.4 Å². The smallest absolute Gasteiger partial charge is 0.220 e. The molecule has 17 atom stereocenters. The third kappa shape index (κ3) is 28.7. The van der Waals surface area contributed by atoms with Crippen molar-refractivity contribution < 1.29 is 89.4 Å². The van der Waals surface area contributed by atoms with Crippen LogP contribution in [0.2, 0.25) is 0 Å². The number of nitrogens with one attached hydrogen (secondary N) is 1. The third-order valence-electron chi connectivity index (χ3n) is 15.7. The zero-order valence-corrected chi connectivity index (χ0v) is 49.3. The van der Waals surface area contributed by atoms with Crippen molar-refractivity contribution in [3.05, 3.63) is 48.6 Å². The van der Waals surface area contributed by atoms with E-state index in [9.17, 15) is 61.0 Å². The molecular weight excluding hydrogens is 1050 g/mol. The van der Waals surface area contributed by atoms with Crippen molar-refractivity contribution in [2.45, 2.75) is 311 Å². The molecule has 3 fully saturated rings. The van der Waals surface area contributed by atoms with Crippen molar-refractivity contribution in [3.63, 3.8) is 0 Å². The lowest BCUT2D eigenvalue weighted by molar-refractivity contribution is -0.379. The summed E-state index contributed by atoms with van der Waals surface area (Å²) in [6.45, 7) is 1.66. The van der Waals surface area contributed by atoms with Gasteiger partial charge in [0, 0.05) is 6.42 Å². The van der Waals surface area contributed by atoms with Gasteiger partial charge in [-0.25, -0.2) is 0 Å². The minimum absolute atomic E-state index is 0.237. The van der Waals surface area contributed by atoms with E-state index < -0.39 is 124 Å². The van der Waals surface area contributed by atoms with Gasteiger partial charge in [0.25, 0.3) is 0 Å². The Balaban J connectivity index is 1.49. The highest BCUT2D eigenvalue weighted by Gasteiger charge is 2.53. The number of carbonyl (C=O) groups excluding carboxylic acids is 1. The normalized spacial score (nSPS) is 30.1. The van der Waals surface area contributed by atoms with Crippen LogP contribution in [0.4, 0.5) is 0 Å². The van der Waals surface area contributed by atoms with Gasteiger partial charge in [0.15, 0.2) is 18.9 Å². The van der Waals surface area contributed by atoms with Crippen LogP contribution in [0.25, 0.3) is 0 Å². The molecule has 0 saturated carbocycles. The molecule has 3 aliphatic heterocycles. The van der Waals surface area contributed by atoms with Crippen molar-refractivity contribution in [1.82, 2.24) is 5.32 Å². The number of allylic oxidation sites excluding steroid dienone is 8. The fraction of sp³-hybridized carbons (Fsp3) is 0.855. The number of ether oxygens (including phenoxy) is 6. The average molecular weight is 1160 g/mol. The molecule has 1 amide bonds. The summed E-state index contributed by atoms with van der Waals surface area (Å²) in [5.74, 6) is -0.267. The number of carbonyl (C=O) groups is 1. The highest BCUT2D eigenvalue weighted by Crippen LogP contribution is 2.33. The monoisotopic (exact) mass is 1160 g/mol. The quantitative estimate of drug-likeness (QED) is 0.0236. The van der Waals surface area contributed by atoms with E-state index in [0.29, 0.717) is 12.8 Å². The minimum atomic E-state index is -1.98. The SMILES string of the molecule is CC/C=C\C/C=C\C/C=C\C/C=C\CCCCCCC(=O)NC(COC1OC(CO)C(OC2OC(CO)C(OC3OC(CO)C(O)C(O)C3O)C(O)C2O)C(O)C1O)C(O)CCCCCCCCCCCCCCCCCCCCC. The van der Waals surface area contributed by atoms with Gasteiger partial charge < -0.3 is 89.9 Å². The van der Waals surface area contributed by atoms with E-state index in [2.05, 4.69) is 67.8 Å². The first-order chi connectivity index (χ1) is 39.3. The Hall–Kier alpha value is -2.25. The van der Waals surface area contributed by atoms with Crippen LogP contribution >= 0.6 is 0 Å². The zero-order chi connectivity index (χ0) is 59.0. The molecule has 3 heterocycles. The maximum atomic E-state index is 13.4. The number of rotatable bonds is 46. The molecule has 0 aromatic rings. The molecule has 3 saturated heterocycles. The molecule has 0 aliphatic carbocycles. The number of aliphatic hydroxyl groups excluding tert-OH is 11. The molecule has 12 N–H and O–H groups in total. The Bertz CT molecular complexity index is 1670. The third-order valence-corrected chi connectivity index (χ3v) is 15.7. The summed E-state index contributed by atoms with van der Waals surface area (Å²) in [4.78, 5) is 13.4. The largest absolute Gasteiger partial charge is 0.394 e. The van der Waals surface area contributed by atoms with Crippen LogP contribution < -0.4 is 5.32 Å². The molecule has 0 aromatic carbocycles. The lowest BCUT2D eigenvalue weighted by Gasteiger charge is -2.48. The topological polar surface area (TPSA) is 307 Å². The number of aliphatic hydroxyl groups is 11. The molecule has 0 bridgehead atoms. The highest BCUT2D eigenvalue weighted by atomic mass is 16.8. The minimum Gasteiger partial charge on any atom is -0.394 e. The molecule has 19 heteroatoms. The first kappa shape index (κ1) is 73.0. The Labute approximate surface area is 484 Å². The van der Waals surface area contributed by atoms with E-state index in [1.807, 2.05) is 0 Å². The van der Waals surface area contributed by atoms with Crippen molar-refractivity contribution in [1.29, 1.82) is 0 Å². The highest BCUT2D eigenvalue weighted by molar-refractivity contribution is 5.76. The van der Waals surface area contributed by atoms with E-state index in [1.54, 1.807) is 0 Å². The van der Waals surface area contributed by atoms with Crippen LogP contribution in [0.3, 0.4) is 0 Å². The summed E-state index contributed by atoms with van der Waals surface area (Å²) >= 11 is 0. The molecular formula is C62H111NO18. The van der Waals surface area contributed by atoms with Crippen molar-refractivity contribution in [2.24, 2.45) is 0 Å². The Morgan fingerprint density at radius 1 is 0.457 bits per heavy atom. The Morgan fingerprint density at radius 3 is 1.33 bits per heavy atom. The van der Waals surface area contributed by atoms with Crippen LogP contribution in [-0.4, -0.2) is 193 Å². The van der Waals surface area contributed by atoms with Crippen molar-refractivity contribution in [3.8, 4) is 0 Å². The predicted octanol–water partition coefficient (Wildman–Crippen LogP) is 6.26. The summed E-state index contributed by atoms with van der Waals surface area (Å²) in [7, 11) is 0. The van der Waals surface area contributed by atoms with E-state index in [0.717, 1.165) is 77.0 Å². The van der Waals surface area contributed by atoms with Gasteiger partial charge in [-0.1, -0.05) is 197 Å². The van der Waals surface area contributed by atoms with Gasteiger partial charge in [-0.15, -0.1) is 0 Å². The van der Waals surface area contributed by atoms with Crippen LogP contribution in [0.1, 0.15) is 206 Å². The molecule has 81 heavy (non-hydrogen) atoms. The summed E-state index contributed by atoms with van der Waals surface area (Å²) < 4.78 is 34.3. The van der Waals surface area contributed by atoms with Gasteiger partial charge >= 0.3 is 0 Å². The summed E-state index contributed by atoms with van der Waals surface area (Å²) in [5.41, 5.74) is 0.